The van der Waals surface area contributed by atoms with E-state index in [9.17, 15) is 4.79 Å². The van der Waals surface area contributed by atoms with Crippen LogP contribution in [0.15, 0.2) is 36.4 Å². The second kappa shape index (κ2) is 7.13. The number of nitrogens with zero attached hydrogens (tertiary/aromatic N) is 2. The third-order valence-corrected chi connectivity index (χ3v) is 6.44. The van der Waals surface area contributed by atoms with Gasteiger partial charge in [-0.05, 0) is 42.5 Å². The molecule has 3 heterocycles. The molecule has 1 aliphatic rings. The van der Waals surface area contributed by atoms with Crippen LogP contribution >= 0.6 is 22.9 Å². The average molecular weight is 400 g/mol. The van der Waals surface area contributed by atoms with E-state index in [1.165, 1.54) is 11.3 Å². The third-order valence-electron chi connectivity index (χ3n) is 5.08. The van der Waals surface area contributed by atoms with Crippen molar-refractivity contribution >= 4 is 44.7 Å². The molecule has 0 saturated carbocycles. The van der Waals surface area contributed by atoms with Crippen LogP contribution < -0.4 is 5.73 Å². The molecule has 140 valence electrons. The van der Waals surface area contributed by atoms with E-state index in [2.05, 4.69) is 13.8 Å². The number of piperidine rings is 1. The Kier molecular flexibility index (Phi) is 4.82. The van der Waals surface area contributed by atoms with E-state index in [1.54, 1.807) is 0 Å². The fourth-order valence-electron chi connectivity index (χ4n) is 3.91. The Bertz CT molecular complexity index is 989. The van der Waals surface area contributed by atoms with Gasteiger partial charge >= 0.3 is 0 Å². The van der Waals surface area contributed by atoms with Crippen molar-refractivity contribution in [1.82, 2.24) is 9.88 Å². The first-order valence-electron chi connectivity index (χ1n) is 9.16. The minimum absolute atomic E-state index is 0.0296. The highest BCUT2D eigenvalue weighted by Crippen LogP contribution is 2.36. The molecule has 2 unspecified atom stereocenters. The number of carbonyl (C=O) groups excluding carboxylic acids is 1. The summed E-state index contributed by atoms with van der Waals surface area (Å²) in [4.78, 5) is 21.2. The molecule has 3 aromatic rings. The summed E-state index contributed by atoms with van der Waals surface area (Å²) < 4.78 is 0. The van der Waals surface area contributed by atoms with Crippen LogP contribution in [0.5, 0.6) is 0 Å². The molecule has 0 aliphatic carbocycles. The highest BCUT2D eigenvalue weighted by molar-refractivity contribution is 7.21. The monoisotopic (exact) mass is 399 g/mol. The number of likely N-dealkylation sites (tertiary alicyclic amines) is 1. The van der Waals surface area contributed by atoms with Gasteiger partial charge in [-0.1, -0.05) is 37.6 Å². The minimum atomic E-state index is 0.0296. The number of aromatic nitrogens is 1. The molecule has 1 aliphatic heterocycles. The van der Waals surface area contributed by atoms with Crippen LogP contribution in [0.2, 0.25) is 5.02 Å². The molecular formula is C21H22ClN3OS. The lowest BCUT2D eigenvalue weighted by atomic mass is 9.92. The standard InChI is InChI=1S/C21H22ClN3OS/c1-12-9-13(2)11-25(10-12)21(26)19-18(23)16-7-8-17(24-20(16)27-19)14-3-5-15(22)6-4-14/h3-8,12-13H,9-11,23H2,1-2H3. The van der Waals surface area contributed by atoms with Gasteiger partial charge in [-0.25, -0.2) is 4.98 Å². The lowest BCUT2D eigenvalue weighted by Gasteiger charge is -2.34. The zero-order valence-electron chi connectivity index (χ0n) is 15.4. The summed E-state index contributed by atoms with van der Waals surface area (Å²) in [6.07, 6.45) is 1.16. The van der Waals surface area contributed by atoms with E-state index in [-0.39, 0.29) is 5.91 Å². The Hall–Kier alpha value is -2.11. The molecule has 0 spiro atoms. The Balaban J connectivity index is 1.69. The van der Waals surface area contributed by atoms with Crippen molar-refractivity contribution in [3.05, 3.63) is 46.3 Å². The fourth-order valence-corrected chi connectivity index (χ4v) is 5.10. The molecule has 1 fully saturated rings. The number of halogens is 1. The van der Waals surface area contributed by atoms with Crippen molar-refractivity contribution in [3.8, 4) is 11.3 Å². The number of thiophene rings is 1. The number of pyridine rings is 1. The van der Waals surface area contributed by atoms with Crippen LogP contribution in [-0.4, -0.2) is 28.9 Å². The summed E-state index contributed by atoms with van der Waals surface area (Å²) in [5.41, 5.74) is 8.71. The summed E-state index contributed by atoms with van der Waals surface area (Å²) in [6, 6.07) is 11.5. The number of amides is 1. The Morgan fingerprint density at radius 2 is 1.81 bits per heavy atom. The van der Waals surface area contributed by atoms with Crippen LogP contribution in [0.3, 0.4) is 0 Å². The number of carbonyl (C=O) groups is 1. The van der Waals surface area contributed by atoms with Gasteiger partial charge in [-0.15, -0.1) is 11.3 Å². The van der Waals surface area contributed by atoms with Gasteiger partial charge in [0.25, 0.3) is 5.91 Å². The number of hydrogen-bond acceptors (Lipinski definition) is 4. The first-order valence-corrected chi connectivity index (χ1v) is 10.4. The van der Waals surface area contributed by atoms with Crippen LogP contribution in [-0.2, 0) is 0 Å². The number of nitrogen functional groups attached to an aromatic ring is 1. The Labute approximate surface area is 168 Å². The second-order valence-corrected chi connectivity index (χ2v) is 8.99. The van der Waals surface area contributed by atoms with Crippen LogP contribution in [0.4, 0.5) is 5.69 Å². The lowest BCUT2D eigenvalue weighted by Crippen LogP contribution is -2.42. The molecule has 0 bridgehead atoms. The van der Waals surface area contributed by atoms with Gasteiger partial charge in [0.1, 0.15) is 9.71 Å². The summed E-state index contributed by atoms with van der Waals surface area (Å²) in [6.45, 7) is 5.98. The Morgan fingerprint density at radius 3 is 2.48 bits per heavy atom. The third kappa shape index (κ3) is 3.54. The van der Waals surface area contributed by atoms with Crippen molar-refractivity contribution < 1.29 is 4.79 Å². The van der Waals surface area contributed by atoms with Crippen LogP contribution in [0.1, 0.15) is 29.9 Å². The average Bonchev–Trinajstić information content (AvgIpc) is 2.97. The predicted octanol–water partition coefficient (Wildman–Crippen LogP) is 5.32. The number of nitrogens with two attached hydrogens (primary N) is 1. The van der Waals surface area contributed by atoms with Gasteiger partial charge in [0.05, 0.1) is 11.4 Å². The molecule has 27 heavy (non-hydrogen) atoms. The van der Waals surface area contributed by atoms with Gasteiger partial charge in [-0.2, -0.15) is 0 Å². The van der Waals surface area contributed by atoms with Gasteiger partial charge in [0.15, 0.2) is 0 Å². The largest absolute Gasteiger partial charge is 0.397 e. The number of benzene rings is 1. The van der Waals surface area contributed by atoms with Crippen molar-refractivity contribution in [3.63, 3.8) is 0 Å². The van der Waals surface area contributed by atoms with Crippen molar-refractivity contribution in [2.24, 2.45) is 11.8 Å². The first-order chi connectivity index (χ1) is 12.9. The van der Waals surface area contributed by atoms with Crippen LogP contribution in [0, 0.1) is 11.8 Å². The summed E-state index contributed by atoms with van der Waals surface area (Å²) in [7, 11) is 0. The maximum atomic E-state index is 13.1. The highest BCUT2D eigenvalue weighted by Gasteiger charge is 2.29. The smallest absolute Gasteiger partial charge is 0.266 e. The molecule has 2 atom stereocenters. The van der Waals surface area contributed by atoms with Crippen molar-refractivity contribution in [2.75, 3.05) is 18.8 Å². The summed E-state index contributed by atoms with van der Waals surface area (Å²) >= 11 is 7.36. The molecule has 6 heteroatoms. The number of fused-ring (bicyclic) bond motifs is 1. The van der Waals surface area contributed by atoms with Crippen molar-refractivity contribution in [2.45, 2.75) is 20.3 Å². The van der Waals surface area contributed by atoms with E-state index < -0.39 is 0 Å². The quantitative estimate of drug-likeness (QED) is 0.634. The SMILES string of the molecule is CC1CC(C)CN(C(=O)c2sc3nc(-c4ccc(Cl)cc4)ccc3c2N)C1. The molecular weight excluding hydrogens is 378 g/mol. The van der Waals surface area contributed by atoms with E-state index in [4.69, 9.17) is 22.3 Å². The molecule has 4 rings (SSSR count). The zero-order chi connectivity index (χ0) is 19.1. The van der Waals surface area contributed by atoms with E-state index in [0.29, 0.717) is 27.4 Å². The summed E-state index contributed by atoms with van der Waals surface area (Å²) in [5, 5.41) is 1.54. The molecule has 0 radical (unpaired) electrons. The topological polar surface area (TPSA) is 59.2 Å². The minimum Gasteiger partial charge on any atom is -0.397 e. The lowest BCUT2D eigenvalue weighted by molar-refractivity contribution is 0.0629. The van der Waals surface area contributed by atoms with Gasteiger partial charge in [0.2, 0.25) is 0 Å². The number of rotatable bonds is 2. The summed E-state index contributed by atoms with van der Waals surface area (Å²) in [5.74, 6) is 1.06. The molecule has 2 aromatic heterocycles. The van der Waals surface area contributed by atoms with Gasteiger partial charge in [-0.3, -0.25) is 4.79 Å². The first kappa shape index (κ1) is 18.3. The Morgan fingerprint density at radius 1 is 1.15 bits per heavy atom. The van der Waals surface area contributed by atoms with Crippen LogP contribution in [0.25, 0.3) is 21.5 Å². The molecule has 2 N–H and O–H groups in total. The van der Waals surface area contributed by atoms with E-state index >= 15 is 0 Å². The maximum absolute atomic E-state index is 13.1. The number of anilines is 1. The predicted molar refractivity (Wildman–Crippen MR) is 113 cm³/mol. The highest BCUT2D eigenvalue weighted by atomic mass is 35.5. The van der Waals surface area contributed by atoms with E-state index in [1.807, 2.05) is 41.3 Å². The number of hydrogen-bond donors (Lipinski definition) is 1. The normalized spacial score (nSPS) is 20.2. The van der Waals surface area contributed by atoms with Crippen molar-refractivity contribution in [1.29, 1.82) is 0 Å². The second-order valence-electron chi connectivity index (χ2n) is 7.56. The van der Waals surface area contributed by atoms with E-state index in [0.717, 1.165) is 41.0 Å². The molecule has 1 saturated heterocycles. The molecule has 4 nitrogen and oxygen atoms in total. The molecule has 1 amide bonds. The zero-order valence-corrected chi connectivity index (χ0v) is 17.0. The van der Waals surface area contributed by atoms with Gasteiger partial charge < -0.3 is 10.6 Å². The fraction of sp³-hybridized carbons (Fsp3) is 0.333. The maximum Gasteiger partial charge on any atom is 0.266 e. The molecule has 1 aromatic carbocycles. The van der Waals surface area contributed by atoms with Gasteiger partial charge in [0, 0.05) is 29.1 Å².